The second-order valence-corrected chi connectivity index (χ2v) is 8.32. The molecule has 1 aromatic rings. The van der Waals surface area contributed by atoms with E-state index in [4.69, 9.17) is 0 Å². The molecule has 0 radical (unpaired) electrons. The molecular formula is C9H13Br2NO2S2. The van der Waals surface area contributed by atoms with E-state index in [9.17, 15) is 8.42 Å². The summed E-state index contributed by atoms with van der Waals surface area (Å²) in [4.78, 5) is 0.186. The maximum absolute atomic E-state index is 11.9. The third kappa shape index (κ3) is 4.10. The first-order valence-corrected chi connectivity index (χ1v) is 8.91. The minimum Gasteiger partial charge on any atom is -0.209 e. The monoisotopic (exact) mass is 389 g/mol. The summed E-state index contributed by atoms with van der Waals surface area (Å²) in [5.74, 6) is 0. The summed E-state index contributed by atoms with van der Waals surface area (Å²) >= 11 is 7.87. The second kappa shape index (κ2) is 6.49. The molecule has 0 aliphatic rings. The first-order valence-electron chi connectivity index (χ1n) is 4.84. The van der Waals surface area contributed by atoms with Crippen LogP contribution in [0.1, 0.15) is 19.8 Å². The summed E-state index contributed by atoms with van der Waals surface area (Å²) in [5, 5.41) is 1.75. The van der Waals surface area contributed by atoms with Gasteiger partial charge in [0.1, 0.15) is 4.21 Å². The molecule has 0 aliphatic carbocycles. The van der Waals surface area contributed by atoms with Crippen LogP contribution in [0.25, 0.3) is 0 Å². The Kier molecular flexibility index (Phi) is 5.93. The predicted molar refractivity (Wildman–Crippen MR) is 74.8 cm³/mol. The van der Waals surface area contributed by atoms with E-state index < -0.39 is 10.0 Å². The van der Waals surface area contributed by atoms with Gasteiger partial charge in [0.15, 0.2) is 0 Å². The summed E-state index contributed by atoms with van der Waals surface area (Å²) in [6.07, 6.45) is 1.98. The number of alkyl halides is 1. The number of hydrogen-bond donors (Lipinski definition) is 1. The summed E-state index contributed by atoms with van der Waals surface area (Å²) in [6.45, 7) is 2.49. The van der Waals surface area contributed by atoms with Crippen LogP contribution in [0.3, 0.4) is 0 Å². The Balaban J connectivity index is 2.63. The number of nitrogens with one attached hydrogen (secondary N) is 1. The average molecular weight is 391 g/mol. The molecule has 0 fully saturated rings. The number of rotatable bonds is 6. The Morgan fingerprint density at radius 1 is 1.56 bits per heavy atom. The first kappa shape index (κ1) is 14.6. The van der Waals surface area contributed by atoms with E-state index in [0.29, 0.717) is 15.2 Å². The van der Waals surface area contributed by atoms with Crippen LogP contribution in [0.2, 0.25) is 0 Å². The van der Waals surface area contributed by atoms with Crippen molar-refractivity contribution in [3.8, 4) is 0 Å². The van der Waals surface area contributed by atoms with Crippen LogP contribution < -0.4 is 4.72 Å². The van der Waals surface area contributed by atoms with Crippen molar-refractivity contribution in [3.63, 3.8) is 0 Å². The lowest BCUT2D eigenvalue weighted by molar-refractivity contribution is 0.580. The van der Waals surface area contributed by atoms with Gasteiger partial charge in [0.2, 0.25) is 0 Å². The molecule has 0 bridgehead atoms. The lowest BCUT2D eigenvalue weighted by Gasteiger charge is -2.09. The summed E-state index contributed by atoms with van der Waals surface area (Å²) in [7, 11) is -3.37. The Morgan fingerprint density at radius 2 is 2.25 bits per heavy atom. The quantitative estimate of drug-likeness (QED) is 0.757. The predicted octanol–water partition coefficient (Wildman–Crippen LogP) is 3.35. The zero-order chi connectivity index (χ0) is 12.2. The molecular weight excluding hydrogens is 378 g/mol. The molecule has 0 aliphatic heterocycles. The minimum atomic E-state index is -3.37. The smallest absolute Gasteiger partial charge is 0.209 e. The zero-order valence-corrected chi connectivity index (χ0v) is 13.5. The van der Waals surface area contributed by atoms with Crippen molar-refractivity contribution in [1.82, 2.24) is 4.72 Å². The van der Waals surface area contributed by atoms with Gasteiger partial charge in [-0.25, -0.2) is 13.1 Å². The third-order valence-electron chi connectivity index (χ3n) is 1.93. The van der Waals surface area contributed by atoms with Crippen molar-refractivity contribution in [1.29, 1.82) is 0 Å². The lowest BCUT2D eigenvalue weighted by atomic mass is 10.2. The minimum absolute atomic E-state index is 0.186. The highest BCUT2D eigenvalue weighted by atomic mass is 79.9. The molecule has 0 amide bonds. The fraction of sp³-hybridized carbons (Fsp3) is 0.556. The Labute approximate surface area is 117 Å². The van der Waals surface area contributed by atoms with Crippen molar-refractivity contribution in [2.24, 2.45) is 0 Å². The second-order valence-electron chi connectivity index (χ2n) is 3.29. The summed E-state index contributed by atoms with van der Waals surface area (Å²) in [6, 6.07) is 1.73. The molecule has 0 spiro atoms. The topological polar surface area (TPSA) is 46.2 Å². The molecule has 1 atom stereocenters. The van der Waals surface area contributed by atoms with Gasteiger partial charge < -0.3 is 0 Å². The molecule has 1 aromatic heterocycles. The fourth-order valence-corrected chi connectivity index (χ4v) is 5.45. The highest BCUT2D eigenvalue weighted by molar-refractivity contribution is 9.10. The maximum Gasteiger partial charge on any atom is 0.251 e. The molecule has 1 rings (SSSR count). The molecule has 0 saturated carbocycles. The van der Waals surface area contributed by atoms with E-state index in [1.165, 1.54) is 11.3 Å². The molecule has 3 nitrogen and oxygen atoms in total. The van der Waals surface area contributed by atoms with E-state index in [0.717, 1.165) is 12.8 Å². The normalized spacial score (nSPS) is 13.9. The van der Waals surface area contributed by atoms with Crippen LogP contribution in [0.4, 0.5) is 0 Å². The van der Waals surface area contributed by atoms with Crippen LogP contribution in [0, 0.1) is 0 Å². The van der Waals surface area contributed by atoms with Crippen molar-refractivity contribution in [2.75, 3.05) is 6.54 Å². The van der Waals surface area contributed by atoms with Crippen molar-refractivity contribution in [2.45, 2.75) is 28.8 Å². The molecule has 1 heterocycles. The van der Waals surface area contributed by atoms with Crippen LogP contribution >= 0.6 is 43.2 Å². The molecule has 92 valence electrons. The van der Waals surface area contributed by atoms with Gasteiger partial charge in [-0.1, -0.05) is 29.3 Å². The Bertz CT molecular complexity index is 430. The summed E-state index contributed by atoms with van der Waals surface area (Å²) in [5.41, 5.74) is 0. The van der Waals surface area contributed by atoms with Gasteiger partial charge in [-0.05, 0) is 33.8 Å². The van der Waals surface area contributed by atoms with E-state index >= 15 is 0 Å². The maximum atomic E-state index is 11.9. The van der Waals surface area contributed by atoms with Gasteiger partial charge in [-0.3, -0.25) is 0 Å². The van der Waals surface area contributed by atoms with Crippen molar-refractivity contribution < 1.29 is 8.42 Å². The largest absolute Gasteiger partial charge is 0.251 e. The van der Waals surface area contributed by atoms with Gasteiger partial charge in [-0.2, -0.15) is 0 Å². The highest BCUT2D eigenvalue weighted by Gasteiger charge is 2.19. The first-order chi connectivity index (χ1) is 7.47. The summed E-state index contributed by atoms with van der Waals surface area (Å²) < 4.78 is 27.3. The molecule has 1 N–H and O–H groups in total. The molecule has 7 heteroatoms. The SMILES string of the molecule is CCCC(Br)CNS(=O)(=O)c1sccc1Br. The molecule has 0 saturated heterocycles. The number of hydrogen-bond acceptors (Lipinski definition) is 3. The molecule has 16 heavy (non-hydrogen) atoms. The van der Waals surface area contributed by atoms with E-state index in [1.54, 1.807) is 11.4 Å². The van der Waals surface area contributed by atoms with Gasteiger partial charge in [0, 0.05) is 15.8 Å². The number of sulfonamides is 1. The van der Waals surface area contributed by atoms with Crippen LogP contribution in [0.5, 0.6) is 0 Å². The lowest BCUT2D eigenvalue weighted by Crippen LogP contribution is -2.29. The van der Waals surface area contributed by atoms with Gasteiger partial charge in [-0.15, -0.1) is 11.3 Å². The number of thiophene rings is 1. The van der Waals surface area contributed by atoms with Crippen LogP contribution in [-0.2, 0) is 10.0 Å². The van der Waals surface area contributed by atoms with Crippen molar-refractivity contribution in [3.05, 3.63) is 15.9 Å². The van der Waals surface area contributed by atoms with Crippen LogP contribution in [0.15, 0.2) is 20.1 Å². The Hall–Kier alpha value is 0.570. The van der Waals surface area contributed by atoms with Crippen molar-refractivity contribution >= 4 is 53.2 Å². The standard InChI is InChI=1S/C9H13Br2NO2S2/c1-2-3-7(10)6-12-16(13,14)9-8(11)4-5-15-9/h4-5,7,12H,2-3,6H2,1H3. The third-order valence-corrected chi connectivity index (χ3v) is 6.80. The fourth-order valence-electron chi connectivity index (χ4n) is 1.15. The van der Waals surface area contributed by atoms with E-state index in [2.05, 4.69) is 43.5 Å². The Morgan fingerprint density at radius 3 is 2.75 bits per heavy atom. The highest BCUT2D eigenvalue weighted by Crippen LogP contribution is 2.27. The van der Waals surface area contributed by atoms with E-state index in [1.807, 2.05) is 0 Å². The molecule has 0 aromatic carbocycles. The number of halogens is 2. The molecule has 1 unspecified atom stereocenters. The van der Waals surface area contributed by atoms with Gasteiger partial charge in [0.05, 0.1) is 0 Å². The van der Waals surface area contributed by atoms with Gasteiger partial charge >= 0.3 is 0 Å². The van der Waals surface area contributed by atoms with E-state index in [-0.39, 0.29) is 4.83 Å². The van der Waals surface area contributed by atoms with Gasteiger partial charge in [0.25, 0.3) is 10.0 Å². The average Bonchev–Trinajstić information content (AvgIpc) is 2.63. The zero-order valence-electron chi connectivity index (χ0n) is 8.74. The van der Waals surface area contributed by atoms with Crippen LogP contribution in [-0.4, -0.2) is 19.8 Å².